The molecule has 1 aromatic carbocycles. The largest absolute Gasteiger partial charge is 0.416 e. The van der Waals surface area contributed by atoms with Crippen molar-refractivity contribution in [2.45, 2.75) is 38.5 Å². The molecule has 1 aromatic rings. The van der Waals surface area contributed by atoms with Crippen LogP contribution in [0.25, 0.3) is 0 Å². The van der Waals surface area contributed by atoms with E-state index < -0.39 is 17.6 Å². The first-order valence-electron chi connectivity index (χ1n) is 5.95. The number of nitrogens with one attached hydrogen (secondary N) is 1. The Labute approximate surface area is 103 Å². The second-order valence-corrected chi connectivity index (χ2v) is 4.95. The van der Waals surface area contributed by atoms with Crippen LogP contribution in [0.15, 0.2) is 18.2 Å². The summed E-state index contributed by atoms with van der Waals surface area (Å²) in [5.74, 6) is -0.221. The summed E-state index contributed by atoms with van der Waals surface area (Å²) in [5, 5.41) is 3.08. The van der Waals surface area contributed by atoms with Crippen LogP contribution in [0.2, 0.25) is 0 Å². The third-order valence-electron chi connectivity index (χ3n) is 3.33. The molecular weight excluding hydrogens is 246 g/mol. The van der Waals surface area contributed by atoms with Gasteiger partial charge in [0.15, 0.2) is 0 Å². The predicted octanol–water partition coefficient (Wildman–Crippen LogP) is 3.73. The molecule has 1 N–H and O–H groups in total. The molecule has 1 aliphatic rings. The van der Waals surface area contributed by atoms with Crippen molar-refractivity contribution in [2.75, 3.05) is 0 Å². The van der Waals surface area contributed by atoms with Gasteiger partial charge in [-0.15, -0.1) is 0 Å². The highest BCUT2D eigenvalue weighted by atomic mass is 19.4. The van der Waals surface area contributed by atoms with Gasteiger partial charge in [0.2, 0.25) is 0 Å². The highest BCUT2D eigenvalue weighted by Gasteiger charge is 2.34. The maximum atomic E-state index is 12.9. The molecule has 0 spiro atoms. The fourth-order valence-electron chi connectivity index (χ4n) is 2.29. The van der Waals surface area contributed by atoms with Crippen LogP contribution >= 0.6 is 0 Å². The number of halogens is 4. The van der Waals surface area contributed by atoms with E-state index in [2.05, 4.69) is 12.2 Å². The molecule has 1 saturated carbocycles. The van der Waals surface area contributed by atoms with Crippen LogP contribution in [0.5, 0.6) is 0 Å². The fourth-order valence-corrected chi connectivity index (χ4v) is 2.29. The van der Waals surface area contributed by atoms with Crippen molar-refractivity contribution in [1.82, 2.24) is 5.32 Å². The molecule has 0 heterocycles. The van der Waals surface area contributed by atoms with Crippen molar-refractivity contribution in [2.24, 2.45) is 5.92 Å². The van der Waals surface area contributed by atoms with Crippen LogP contribution in [-0.2, 0) is 12.7 Å². The maximum Gasteiger partial charge on any atom is 0.416 e. The average molecular weight is 261 g/mol. The molecule has 2 rings (SSSR count). The average Bonchev–Trinajstić information content (AvgIpc) is 2.23. The lowest BCUT2D eigenvalue weighted by atomic mass is 9.82. The zero-order valence-corrected chi connectivity index (χ0v) is 10.0. The van der Waals surface area contributed by atoms with E-state index in [1.807, 2.05) is 0 Å². The van der Waals surface area contributed by atoms with E-state index >= 15 is 0 Å². The van der Waals surface area contributed by atoms with Gasteiger partial charge in [0.1, 0.15) is 5.82 Å². The quantitative estimate of drug-likeness (QED) is 0.817. The summed E-state index contributed by atoms with van der Waals surface area (Å²) in [4.78, 5) is 0. The second kappa shape index (κ2) is 4.88. The Bertz CT molecular complexity index is 421. The van der Waals surface area contributed by atoms with Gasteiger partial charge in [-0.05, 0) is 36.5 Å². The molecule has 1 fully saturated rings. The molecule has 0 amide bonds. The van der Waals surface area contributed by atoms with Gasteiger partial charge in [0.05, 0.1) is 5.56 Å². The van der Waals surface area contributed by atoms with Crippen molar-refractivity contribution in [3.8, 4) is 0 Å². The lowest BCUT2D eigenvalue weighted by Crippen LogP contribution is -2.39. The minimum atomic E-state index is -4.51. The van der Waals surface area contributed by atoms with E-state index in [-0.39, 0.29) is 18.2 Å². The molecule has 1 aliphatic carbocycles. The molecule has 0 saturated heterocycles. The molecule has 0 bridgehead atoms. The van der Waals surface area contributed by atoms with Crippen LogP contribution in [0.3, 0.4) is 0 Å². The zero-order chi connectivity index (χ0) is 13.3. The molecule has 0 atom stereocenters. The minimum absolute atomic E-state index is 0.100. The fraction of sp³-hybridized carbons (Fsp3) is 0.538. The van der Waals surface area contributed by atoms with Crippen molar-refractivity contribution in [3.63, 3.8) is 0 Å². The van der Waals surface area contributed by atoms with E-state index in [9.17, 15) is 17.6 Å². The molecular formula is C13H15F4N. The summed E-state index contributed by atoms with van der Waals surface area (Å²) in [5.41, 5.74) is -0.786. The summed E-state index contributed by atoms with van der Waals surface area (Å²) in [6.45, 7) is 2.24. The van der Waals surface area contributed by atoms with Crippen molar-refractivity contribution >= 4 is 0 Å². The van der Waals surface area contributed by atoms with Gasteiger partial charge in [-0.3, -0.25) is 0 Å². The van der Waals surface area contributed by atoms with Crippen molar-refractivity contribution in [1.29, 1.82) is 0 Å². The van der Waals surface area contributed by atoms with Gasteiger partial charge in [-0.2, -0.15) is 13.2 Å². The van der Waals surface area contributed by atoms with Gasteiger partial charge >= 0.3 is 6.18 Å². The number of alkyl halides is 3. The van der Waals surface area contributed by atoms with Gasteiger partial charge in [0, 0.05) is 12.6 Å². The summed E-state index contributed by atoms with van der Waals surface area (Å²) < 4.78 is 51.0. The third kappa shape index (κ3) is 3.02. The first kappa shape index (κ1) is 13.3. The van der Waals surface area contributed by atoms with E-state index in [0.29, 0.717) is 12.0 Å². The van der Waals surface area contributed by atoms with Gasteiger partial charge in [-0.25, -0.2) is 4.39 Å². The molecule has 5 heteroatoms. The molecule has 0 aliphatic heterocycles. The predicted molar refractivity (Wildman–Crippen MR) is 60.4 cm³/mol. The highest BCUT2D eigenvalue weighted by molar-refractivity contribution is 5.30. The Morgan fingerprint density at radius 3 is 2.50 bits per heavy atom. The number of benzene rings is 1. The highest BCUT2D eigenvalue weighted by Crippen LogP contribution is 2.33. The van der Waals surface area contributed by atoms with E-state index in [1.54, 1.807) is 0 Å². The van der Waals surface area contributed by atoms with Crippen LogP contribution in [0.1, 0.15) is 30.9 Å². The van der Waals surface area contributed by atoms with Crippen LogP contribution in [0, 0.1) is 11.7 Å². The number of rotatable bonds is 3. The summed E-state index contributed by atoms with van der Waals surface area (Å²) in [6, 6.07) is 3.11. The van der Waals surface area contributed by atoms with Crippen LogP contribution in [-0.4, -0.2) is 6.04 Å². The standard InChI is InChI=1S/C13H15F4N/c1-8-4-11(5-8)18-7-9-2-3-10(14)6-12(9)13(15,16)17/h2-3,6,8,11,18H,4-5,7H2,1H3. The molecule has 1 nitrogen and oxygen atoms in total. The summed E-state index contributed by atoms with van der Waals surface area (Å²) in [7, 11) is 0. The summed E-state index contributed by atoms with van der Waals surface area (Å²) in [6.07, 6.45) is -2.53. The Kier molecular flexibility index (Phi) is 3.61. The van der Waals surface area contributed by atoms with Crippen LogP contribution < -0.4 is 5.32 Å². The van der Waals surface area contributed by atoms with Gasteiger partial charge in [-0.1, -0.05) is 13.0 Å². The van der Waals surface area contributed by atoms with E-state index in [4.69, 9.17) is 0 Å². The van der Waals surface area contributed by atoms with Crippen molar-refractivity contribution in [3.05, 3.63) is 35.1 Å². The van der Waals surface area contributed by atoms with Gasteiger partial charge in [0.25, 0.3) is 0 Å². The van der Waals surface area contributed by atoms with E-state index in [0.717, 1.165) is 18.9 Å². The molecule has 100 valence electrons. The normalized spacial score (nSPS) is 23.8. The lowest BCUT2D eigenvalue weighted by Gasteiger charge is -2.33. The maximum absolute atomic E-state index is 12.9. The number of hydrogen-bond donors (Lipinski definition) is 1. The SMILES string of the molecule is CC1CC(NCc2ccc(F)cc2C(F)(F)F)C1. The molecule has 0 radical (unpaired) electrons. The Morgan fingerprint density at radius 2 is 1.94 bits per heavy atom. The zero-order valence-electron chi connectivity index (χ0n) is 10.0. The van der Waals surface area contributed by atoms with E-state index in [1.165, 1.54) is 6.07 Å². The third-order valence-corrected chi connectivity index (χ3v) is 3.33. The van der Waals surface area contributed by atoms with Crippen LogP contribution in [0.4, 0.5) is 17.6 Å². The van der Waals surface area contributed by atoms with Gasteiger partial charge < -0.3 is 5.32 Å². The first-order valence-corrected chi connectivity index (χ1v) is 5.95. The molecule has 18 heavy (non-hydrogen) atoms. The van der Waals surface area contributed by atoms with Crippen molar-refractivity contribution < 1.29 is 17.6 Å². The Balaban J connectivity index is 2.07. The Hall–Kier alpha value is -1.10. The molecule has 0 unspecified atom stereocenters. The Morgan fingerprint density at radius 1 is 1.28 bits per heavy atom. The number of hydrogen-bond acceptors (Lipinski definition) is 1. The summed E-state index contributed by atoms with van der Waals surface area (Å²) >= 11 is 0. The monoisotopic (exact) mass is 261 g/mol. The minimum Gasteiger partial charge on any atom is -0.310 e. The first-order chi connectivity index (χ1) is 8.36. The second-order valence-electron chi connectivity index (χ2n) is 4.95. The smallest absolute Gasteiger partial charge is 0.310 e. The topological polar surface area (TPSA) is 12.0 Å². The molecule has 0 aromatic heterocycles. The lowest BCUT2D eigenvalue weighted by molar-refractivity contribution is -0.138.